The van der Waals surface area contributed by atoms with E-state index in [4.69, 9.17) is 4.74 Å². The van der Waals surface area contributed by atoms with Crippen LogP contribution in [-0.2, 0) is 21.4 Å². The summed E-state index contributed by atoms with van der Waals surface area (Å²) in [6.07, 6.45) is 2.47. The first-order valence-electron chi connectivity index (χ1n) is 12.8. The van der Waals surface area contributed by atoms with Crippen molar-refractivity contribution in [3.8, 4) is 5.75 Å². The highest BCUT2D eigenvalue weighted by Crippen LogP contribution is 2.32. The molecule has 1 amide bonds. The van der Waals surface area contributed by atoms with Crippen LogP contribution in [0.1, 0.15) is 32.3 Å². The van der Waals surface area contributed by atoms with Crippen molar-refractivity contribution in [2.24, 2.45) is 5.92 Å². The molecule has 196 valence electrons. The van der Waals surface area contributed by atoms with E-state index in [2.05, 4.69) is 29.3 Å². The summed E-state index contributed by atoms with van der Waals surface area (Å²) < 4.78 is 34.0. The first kappa shape index (κ1) is 26.5. The highest BCUT2D eigenvalue weighted by Gasteiger charge is 2.29. The molecule has 1 N–H and O–H groups in total. The van der Waals surface area contributed by atoms with Crippen molar-refractivity contribution in [1.82, 2.24) is 5.32 Å². The van der Waals surface area contributed by atoms with Crippen molar-refractivity contribution < 1.29 is 17.9 Å². The number of anilines is 2. The maximum atomic E-state index is 13.6. The van der Waals surface area contributed by atoms with Gasteiger partial charge in [-0.25, -0.2) is 8.42 Å². The van der Waals surface area contributed by atoms with Crippen molar-refractivity contribution in [2.45, 2.75) is 38.1 Å². The number of sulfonamides is 1. The first-order valence-corrected chi connectivity index (χ1v) is 14.2. The Bertz CT molecular complexity index is 1280. The molecule has 3 aromatic carbocycles. The van der Waals surface area contributed by atoms with Gasteiger partial charge in [-0.3, -0.25) is 9.10 Å². The van der Waals surface area contributed by atoms with Crippen molar-refractivity contribution >= 4 is 27.3 Å². The predicted octanol–water partition coefficient (Wildman–Crippen LogP) is 4.83. The second kappa shape index (κ2) is 12.1. The number of hydrogen-bond acceptors (Lipinski definition) is 5. The van der Waals surface area contributed by atoms with Gasteiger partial charge in [0, 0.05) is 25.3 Å². The zero-order valence-corrected chi connectivity index (χ0v) is 22.3. The molecule has 1 fully saturated rings. The summed E-state index contributed by atoms with van der Waals surface area (Å²) in [5.74, 6) is 0.690. The van der Waals surface area contributed by atoms with E-state index >= 15 is 0 Å². The zero-order chi connectivity index (χ0) is 26.3. The number of hydrogen-bond donors (Lipinski definition) is 1. The minimum Gasteiger partial charge on any atom is -0.492 e. The lowest BCUT2D eigenvalue weighted by molar-refractivity contribution is -0.119. The average molecular weight is 522 g/mol. The molecule has 0 saturated carbocycles. The Hall–Kier alpha value is -3.52. The Morgan fingerprint density at radius 3 is 2.43 bits per heavy atom. The second-order valence-electron chi connectivity index (χ2n) is 9.36. The van der Waals surface area contributed by atoms with Gasteiger partial charge in [0.1, 0.15) is 12.3 Å². The number of nitrogens with zero attached hydrogens (tertiary/aromatic N) is 2. The second-order valence-corrected chi connectivity index (χ2v) is 11.2. The summed E-state index contributed by atoms with van der Waals surface area (Å²) in [5.41, 5.74) is 2.46. The normalized spacial score (nSPS) is 15.7. The Labute approximate surface area is 220 Å². The molecular weight excluding hydrogens is 486 g/mol. The summed E-state index contributed by atoms with van der Waals surface area (Å²) in [4.78, 5) is 15.5. The number of rotatable bonds is 10. The Morgan fingerprint density at radius 1 is 1.03 bits per heavy atom. The molecule has 8 heteroatoms. The lowest BCUT2D eigenvalue weighted by atomic mass is 9.99. The van der Waals surface area contributed by atoms with Crippen molar-refractivity contribution in [1.29, 1.82) is 0 Å². The van der Waals surface area contributed by atoms with Gasteiger partial charge in [-0.2, -0.15) is 0 Å². The van der Waals surface area contributed by atoms with Crippen LogP contribution in [0.5, 0.6) is 5.75 Å². The summed E-state index contributed by atoms with van der Waals surface area (Å²) in [6, 6.07) is 23.2. The molecule has 37 heavy (non-hydrogen) atoms. The third-order valence-electron chi connectivity index (χ3n) is 6.50. The SMILES string of the molecule is CCOc1ccccc1N(CC(=O)NCc1ccc(N2CCCC(C)C2)cc1)S(=O)(=O)c1ccccc1. The van der Waals surface area contributed by atoms with Gasteiger partial charge < -0.3 is 15.0 Å². The largest absolute Gasteiger partial charge is 0.492 e. The molecule has 1 aliphatic heterocycles. The standard InChI is InChI=1S/C29H35N3O4S/c1-3-36-28-14-8-7-13-27(28)32(37(34,35)26-11-5-4-6-12-26)22-29(33)30-20-24-15-17-25(18-16-24)31-19-9-10-23(2)21-31/h4-8,11-18,23H,3,9-10,19-22H2,1-2H3,(H,30,33). The minimum absolute atomic E-state index is 0.108. The molecule has 1 aliphatic rings. The Morgan fingerprint density at radius 2 is 1.73 bits per heavy atom. The van der Waals surface area contributed by atoms with Gasteiger partial charge in [0.25, 0.3) is 10.0 Å². The molecule has 7 nitrogen and oxygen atoms in total. The minimum atomic E-state index is -4.01. The van der Waals surface area contributed by atoms with Crippen LogP contribution < -0.4 is 19.3 Å². The van der Waals surface area contributed by atoms with Crippen LogP contribution in [0.25, 0.3) is 0 Å². The molecule has 0 bridgehead atoms. The van der Waals surface area contributed by atoms with Gasteiger partial charge in [-0.05, 0) is 67.6 Å². The fraction of sp³-hybridized carbons (Fsp3) is 0.345. The van der Waals surface area contributed by atoms with Crippen LogP contribution in [0.3, 0.4) is 0 Å². The fourth-order valence-corrected chi connectivity index (χ4v) is 6.05. The van der Waals surface area contributed by atoms with Crippen LogP contribution in [-0.4, -0.2) is 40.6 Å². The molecule has 1 atom stereocenters. The van der Waals surface area contributed by atoms with Crippen LogP contribution in [0, 0.1) is 5.92 Å². The van der Waals surface area contributed by atoms with E-state index in [1.54, 1.807) is 42.5 Å². The zero-order valence-electron chi connectivity index (χ0n) is 21.5. The van der Waals surface area contributed by atoms with Gasteiger partial charge in [0.2, 0.25) is 5.91 Å². The summed E-state index contributed by atoms with van der Waals surface area (Å²) in [6.45, 7) is 6.54. The summed E-state index contributed by atoms with van der Waals surface area (Å²) in [5, 5.41) is 2.88. The van der Waals surface area contributed by atoms with Gasteiger partial charge >= 0.3 is 0 Å². The van der Waals surface area contributed by atoms with E-state index < -0.39 is 15.9 Å². The highest BCUT2D eigenvalue weighted by molar-refractivity contribution is 7.92. The predicted molar refractivity (Wildman–Crippen MR) is 147 cm³/mol. The van der Waals surface area contributed by atoms with Gasteiger partial charge in [-0.1, -0.05) is 49.4 Å². The molecule has 1 heterocycles. The summed E-state index contributed by atoms with van der Waals surface area (Å²) >= 11 is 0. The molecule has 3 aromatic rings. The molecule has 0 aliphatic carbocycles. The van der Waals surface area contributed by atoms with Gasteiger partial charge in [-0.15, -0.1) is 0 Å². The van der Waals surface area contributed by atoms with E-state index in [0.717, 1.165) is 23.0 Å². The molecule has 0 spiro atoms. The third-order valence-corrected chi connectivity index (χ3v) is 8.27. The Balaban J connectivity index is 1.49. The van der Waals surface area contributed by atoms with Crippen LogP contribution >= 0.6 is 0 Å². The first-order chi connectivity index (χ1) is 17.9. The highest BCUT2D eigenvalue weighted by atomic mass is 32.2. The molecule has 1 saturated heterocycles. The number of benzene rings is 3. The van der Waals surface area contributed by atoms with Crippen molar-refractivity contribution in [2.75, 3.05) is 35.4 Å². The topological polar surface area (TPSA) is 79.0 Å². The molecule has 0 aromatic heterocycles. The number of ether oxygens (including phenoxy) is 1. The van der Waals surface area contributed by atoms with Crippen molar-refractivity contribution in [3.05, 3.63) is 84.4 Å². The van der Waals surface area contributed by atoms with E-state index in [-0.39, 0.29) is 11.4 Å². The Kier molecular flexibility index (Phi) is 8.71. The van der Waals surface area contributed by atoms with Crippen LogP contribution in [0.15, 0.2) is 83.8 Å². The van der Waals surface area contributed by atoms with Crippen molar-refractivity contribution in [3.63, 3.8) is 0 Å². The number of para-hydroxylation sites is 2. The summed E-state index contributed by atoms with van der Waals surface area (Å²) in [7, 11) is -4.01. The van der Waals surface area contributed by atoms with Gasteiger partial charge in [0.15, 0.2) is 0 Å². The molecule has 4 rings (SSSR count). The van der Waals surface area contributed by atoms with Crippen LogP contribution in [0.2, 0.25) is 0 Å². The third kappa shape index (κ3) is 6.63. The van der Waals surface area contributed by atoms with E-state index in [1.165, 1.54) is 30.7 Å². The number of carbonyl (C=O) groups excluding carboxylic acids is 1. The van der Waals surface area contributed by atoms with E-state index in [1.807, 2.05) is 19.1 Å². The number of piperidine rings is 1. The number of amides is 1. The monoisotopic (exact) mass is 521 g/mol. The van der Waals surface area contributed by atoms with Gasteiger partial charge in [0.05, 0.1) is 17.2 Å². The van der Waals surface area contributed by atoms with E-state index in [9.17, 15) is 13.2 Å². The molecule has 0 radical (unpaired) electrons. The quantitative estimate of drug-likeness (QED) is 0.413. The molecular formula is C29H35N3O4S. The van der Waals surface area contributed by atoms with E-state index in [0.29, 0.717) is 30.5 Å². The smallest absolute Gasteiger partial charge is 0.264 e. The lowest BCUT2D eigenvalue weighted by Crippen LogP contribution is -2.40. The maximum absolute atomic E-state index is 13.6. The lowest BCUT2D eigenvalue weighted by Gasteiger charge is -2.32. The average Bonchev–Trinajstić information content (AvgIpc) is 2.92. The fourth-order valence-electron chi connectivity index (χ4n) is 4.60. The number of carbonyl (C=O) groups is 1. The molecule has 1 unspecified atom stereocenters. The van der Waals surface area contributed by atoms with Crippen LogP contribution in [0.4, 0.5) is 11.4 Å². The maximum Gasteiger partial charge on any atom is 0.264 e. The number of nitrogens with one attached hydrogen (secondary N) is 1.